The predicted molar refractivity (Wildman–Crippen MR) is 70.2 cm³/mol. The second kappa shape index (κ2) is 5.26. The van der Waals surface area contributed by atoms with Crippen LogP contribution >= 0.6 is 23.2 Å². The number of halogens is 2. The molecule has 2 aromatic rings. The Kier molecular flexibility index (Phi) is 3.71. The van der Waals surface area contributed by atoms with Gasteiger partial charge in [0.1, 0.15) is 17.4 Å². The summed E-state index contributed by atoms with van der Waals surface area (Å²) in [6.07, 6.45) is 1.58. The quantitative estimate of drug-likeness (QED) is 0.820. The summed E-state index contributed by atoms with van der Waals surface area (Å²) in [5.41, 5.74) is 1.20. The zero-order valence-electron chi connectivity index (χ0n) is 9.45. The second-order valence-corrected chi connectivity index (χ2v) is 4.50. The molecule has 0 aliphatic rings. The van der Waals surface area contributed by atoms with E-state index >= 15 is 0 Å². The molecule has 0 aliphatic heterocycles. The summed E-state index contributed by atoms with van der Waals surface area (Å²) in [7, 11) is 0. The van der Waals surface area contributed by atoms with Crippen molar-refractivity contribution in [3.8, 4) is 17.7 Å². The van der Waals surface area contributed by atoms with Crippen LogP contribution in [0.4, 0.5) is 0 Å². The fourth-order valence-corrected chi connectivity index (χ4v) is 1.95. The molecule has 1 aromatic carbocycles. The van der Waals surface area contributed by atoms with Crippen LogP contribution in [0.5, 0.6) is 11.6 Å². The normalized spacial score (nSPS) is 9.89. The van der Waals surface area contributed by atoms with E-state index in [1.54, 1.807) is 30.5 Å². The van der Waals surface area contributed by atoms with Gasteiger partial charge in [-0.05, 0) is 36.8 Å². The van der Waals surface area contributed by atoms with Crippen LogP contribution < -0.4 is 4.74 Å². The molecule has 0 atom stereocenters. The van der Waals surface area contributed by atoms with Crippen LogP contribution in [0, 0.1) is 18.3 Å². The molecule has 1 heterocycles. The van der Waals surface area contributed by atoms with Crippen LogP contribution in [0.2, 0.25) is 10.0 Å². The van der Waals surface area contributed by atoms with Gasteiger partial charge in [0.15, 0.2) is 0 Å². The highest BCUT2D eigenvalue weighted by atomic mass is 35.5. The molecular weight excluding hydrogens is 271 g/mol. The highest BCUT2D eigenvalue weighted by molar-refractivity contribution is 6.34. The number of aromatic nitrogens is 1. The number of pyridine rings is 1. The van der Waals surface area contributed by atoms with E-state index in [0.717, 1.165) is 5.56 Å². The summed E-state index contributed by atoms with van der Waals surface area (Å²) in [4.78, 5) is 4.03. The van der Waals surface area contributed by atoms with E-state index in [1.807, 2.05) is 6.92 Å². The molecule has 0 saturated heterocycles. The molecular formula is C13H8Cl2N2O. The van der Waals surface area contributed by atoms with Crippen LogP contribution in [-0.2, 0) is 0 Å². The lowest BCUT2D eigenvalue weighted by Crippen LogP contribution is -1.94. The molecule has 0 bridgehead atoms. The third-order valence-corrected chi connectivity index (χ3v) is 2.72. The molecule has 5 heteroatoms. The predicted octanol–water partition coefficient (Wildman–Crippen LogP) is 4.36. The Morgan fingerprint density at radius 3 is 2.50 bits per heavy atom. The second-order valence-electron chi connectivity index (χ2n) is 3.63. The number of nitrogens with zero attached hydrogens (tertiary/aromatic N) is 2. The van der Waals surface area contributed by atoms with Gasteiger partial charge in [-0.3, -0.25) is 0 Å². The third-order valence-electron chi connectivity index (χ3n) is 2.29. The van der Waals surface area contributed by atoms with Crippen molar-refractivity contribution < 1.29 is 4.74 Å². The van der Waals surface area contributed by atoms with Gasteiger partial charge in [0.2, 0.25) is 5.88 Å². The molecule has 0 N–H and O–H groups in total. The van der Waals surface area contributed by atoms with Crippen molar-refractivity contribution in [3.63, 3.8) is 0 Å². The van der Waals surface area contributed by atoms with Gasteiger partial charge in [0.05, 0.1) is 0 Å². The topological polar surface area (TPSA) is 45.9 Å². The Labute approximate surface area is 115 Å². The Bertz CT molecular complexity index is 615. The number of ether oxygens (including phenoxy) is 1. The van der Waals surface area contributed by atoms with E-state index in [9.17, 15) is 0 Å². The van der Waals surface area contributed by atoms with Gasteiger partial charge < -0.3 is 4.74 Å². The van der Waals surface area contributed by atoms with Gasteiger partial charge in [-0.2, -0.15) is 5.26 Å². The van der Waals surface area contributed by atoms with Gasteiger partial charge in [0.25, 0.3) is 0 Å². The number of aryl methyl sites for hydroxylation is 1. The fourth-order valence-electron chi connectivity index (χ4n) is 1.45. The van der Waals surface area contributed by atoms with Crippen LogP contribution in [0.25, 0.3) is 0 Å². The lowest BCUT2D eigenvalue weighted by molar-refractivity contribution is 0.461. The number of rotatable bonds is 2. The molecule has 0 radical (unpaired) electrons. The first-order chi connectivity index (χ1) is 8.60. The van der Waals surface area contributed by atoms with Gasteiger partial charge in [0, 0.05) is 16.2 Å². The molecule has 1 aromatic heterocycles. The maximum absolute atomic E-state index is 9.06. The molecule has 0 amide bonds. The van der Waals surface area contributed by atoms with E-state index in [4.69, 9.17) is 33.2 Å². The van der Waals surface area contributed by atoms with E-state index in [1.165, 1.54) is 0 Å². The zero-order valence-corrected chi connectivity index (χ0v) is 11.0. The monoisotopic (exact) mass is 278 g/mol. The Balaban J connectivity index is 2.40. The number of hydrogen-bond acceptors (Lipinski definition) is 3. The average molecular weight is 279 g/mol. The van der Waals surface area contributed by atoms with Crippen molar-refractivity contribution in [1.82, 2.24) is 4.98 Å². The Hall–Kier alpha value is -1.76. The average Bonchev–Trinajstić information content (AvgIpc) is 2.27. The largest absolute Gasteiger partial charge is 0.438 e. The highest BCUT2D eigenvalue weighted by Gasteiger charge is 2.09. The zero-order chi connectivity index (χ0) is 13.1. The van der Waals surface area contributed by atoms with Crippen LogP contribution in [0.1, 0.15) is 11.1 Å². The molecule has 18 heavy (non-hydrogen) atoms. The molecule has 0 fully saturated rings. The van der Waals surface area contributed by atoms with Crippen LogP contribution in [0.3, 0.4) is 0 Å². The molecule has 0 unspecified atom stereocenters. The van der Waals surface area contributed by atoms with E-state index < -0.39 is 0 Å². The summed E-state index contributed by atoms with van der Waals surface area (Å²) in [5, 5.41) is 9.99. The Morgan fingerprint density at radius 1 is 1.22 bits per heavy atom. The number of hydrogen-bond donors (Lipinski definition) is 0. The maximum atomic E-state index is 9.06. The summed E-state index contributed by atoms with van der Waals surface area (Å²) >= 11 is 11.7. The van der Waals surface area contributed by atoms with E-state index in [2.05, 4.69) is 11.1 Å². The maximum Gasteiger partial charge on any atom is 0.237 e. The van der Waals surface area contributed by atoms with Crippen LogP contribution in [-0.4, -0.2) is 4.98 Å². The first-order valence-electron chi connectivity index (χ1n) is 5.10. The lowest BCUT2D eigenvalue weighted by atomic mass is 10.2. The first kappa shape index (κ1) is 12.7. The lowest BCUT2D eigenvalue weighted by Gasteiger charge is -2.08. The standard InChI is InChI=1S/C13H8Cl2N2O/c1-8-2-3-17-13(12(8)7-16)18-11-5-9(14)4-10(15)6-11/h2-6H,1H3. The van der Waals surface area contributed by atoms with E-state index in [0.29, 0.717) is 21.4 Å². The van der Waals surface area contributed by atoms with E-state index in [-0.39, 0.29) is 5.88 Å². The number of benzene rings is 1. The van der Waals surface area contributed by atoms with Gasteiger partial charge in [-0.25, -0.2) is 4.98 Å². The van der Waals surface area contributed by atoms with Crippen molar-refractivity contribution >= 4 is 23.2 Å². The summed E-state index contributed by atoms with van der Waals surface area (Å²) < 4.78 is 5.54. The van der Waals surface area contributed by atoms with Crippen molar-refractivity contribution in [3.05, 3.63) is 51.6 Å². The SMILES string of the molecule is Cc1ccnc(Oc2cc(Cl)cc(Cl)c2)c1C#N. The van der Waals surface area contributed by atoms with Crippen molar-refractivity contribution in [2.45, 2.75) is 6.92 Å². The molecule has 2 rings (SSSR count). The van der Waals surface area contributed by atoms with Crippen molar-refractivity contribution in [2.24, 2.45) is 0 Å². The van der Waals surface area contributed by atoms with Crippen molar-refractivity contribution in [2.75, 3.05) is 0 Å². The summed E-state index contributed by atoms with van der Waals surface area (Å²) in [6.45, 7) is 1.82. The van der Waals surface area contributed by atoms with Crippen molar-refractivity contribution in [1.29, 1.82) is 5.26 Å². The molecule has 90 valence electrons. The minimum Gasteiger partial charge on any atom is -0.438 e. The number of nitriles is 1. The minimum atomic E-state index is 0.246. The third kappa shape index (κ3) is 2.73. The first-order valence-corrected chi connectivity index (χ1v) is 5.85. The smallest absolute Gasteiger partial charge is 0.237 e. The van der Waals surface area contributed by atoms with Gasteiger partial charge in [-0.1, -0.05) is 23.2 Å². The summed E-state index contributed by atoms with van der Waals surface area (Å²) in [5.74, 6) is 0.693. The molecule has 3 nitrogen and oxygen atoms in total. The highest BCUT2D eigenvalue weighted by Crippen LogP contribution is 2.29. The molecule has 0 saturated carbocycles. The fraction of sp³-hybridized carbons (Fsp3) is 0.0769. The Morgan fingerprint density at radius 2 is 1.89 bits per heavy atom. The van der Waals surface area contributed by atoms with Gasteiger partial charge in [-0.15, -0.1) is 0 Å². The minimum absolute atomic E-state index is 0.246. The van der Waals surface area contributed by atoms with Gasteiger partial charge >= 0.3 is 0 Å². The molecule has 0 spiro atoms. The summed E-state index contributed by atoms with van der Waals surface area (Å²) in [6, 6.07) is 8.63. The van der Waals surface area contributed by atoms with Crippen LogP contribution in [0.15, 0.2) is 30.5 Å². The molecule has 0 aliphatic carbocycles.